The second-order valence-corrected chi connectivity index (χ2v) is 9.35. The second kappa shape index (κ2) is 11.3. The largest absolute Gasteiger partial charge is 0.497 e. The molecule has 0 saturated heterocycles. The quantitative estimate of drug-likeness (QED) is 0.145. The molecule has 0 atom stereocenters. The molecule has 0 aliphatic heterocycles. The lowest BCUT2D eigenvalue weighted by Crippen LogP contribution is -2.03. The highest BCUT2D eigenvalue weighted by Crippen LogP contribution is 2.33. The van der Waals surface area contributed by atoms with Crippen LogP contribution in [0.25, 0.3) is 21.8 Å². The predicted octanol–water partition coefficient (Wildman–Crippen LogP) is 8.56. The summed E-state index contributed by atoms with van der Waals surface area (Å²) < 4.78 is 13.2. The molecule has 37 heavy (non-hydrogen) atoms. The predicted molar refractivity (Wildman–Crippen MR) is 155 cm³/mol. The molecule has 0 N–H and O–H groups in total. The van der Waals surface area contributed by atoms with E-state index in [9.17, 15) is 0 Å². The number of benzene rings is 4. The lowest BCUT2D eigenvalue weighted by atomic mass is 10.0. The number of fused-ring (bicyclic) bond motifs is 3. The van der Waals surface area contributed by atoms with Crippen molar-refractivity contribution in [1.82, 2.24) is 4.57 Å². The zero-order chi connectivity index (χ0) is 25.6. The van der Waals surface area contributed by atoms with Gasteiger partial charge in [-0.2, -0.15) is 0 Å². The van der Waals surface area contributed by atoms with Crippen LogP contribution in [0.3, 0.4) is 0 Å². The fourth-order valence-corrected chi connectivity index (χ4v) is 4.97. The lowest BCUT2D eigenvalue weighted by molar-refractivity contribution is 0.414. The number of methoxy groups -OCH3 is 2. The van der Waals surface area contributed by atoms with Gasteiger partial charge in [0, 0.05) is 39.5 Å². The topological polar surface area (TPSA) is 35.8 Å². The minimum absolute atomic E-state index is 0.825. The first-order valence-corrected chi connectivity index (χ1v) is 13.1. The van der Waals surface area contributed by atoms with Crippen molar-refractivity contribution < 1.29 is 9.47 Å². The first-order chi connectivity index (χ1) is 18.2. The molecule has 1 aromatic heterocycles. The summed E-state index contributed by atoms with van der Waals surface area (Å²) in [6.07, 6.45) is 5.00. The monoisotopic (exact) mass is 490 g/mol. The Morgan fingerprint density at radius 2 is 1.30 bits per heavy atom. The van der Waals surface area contributed by atoms with E-state index in [2.05, 4.69) is 78.2 Å². The van der Waals surface area contributed by atoms with E-state index in [-0.39, 0.29) is 0 Å². The molecule has 0 fully saturated rings. The van der Waals surface area contributed by atoms with E-state index in [1.165, 1.54) is 47.5 Å². The first-order valence-electron chi connectivity index (χ1n) is 13.1. The molecule has 0 unspecified atom stereocenters. The zero-order valence-electron chi connectivity index (χ0n) is 21.9. The van der Waals surface area contributed by atoms with Gasteiger partial charge in [-0.25, -0.2) is 4.99 Å². The van der Waals surface area contributed by atoms with Gasteiger partial charge in [0.15, 0.2) is 0 Å². The van der Waals surface area contributed by atoms with Gasteiger partial charge < -0.3 is 14.0 Å². The van der Waals surface area contributed by atoms with Crippen molar-refractivity contribution in [2.75, 3.05) is 14.2 Å². The van der Waals surface area contributed by atoms with E-state index in [1.807, 2.05) is 24.3 Å². The van der Waals surface area contributed by atoms with E-state index in [1.54, 1.807) is 14.2 Å². The average molecular weight is 491 g/mol. The fourth-order valence-electron chi connectivity index (χ4n) is 4.97. The molecule has 1 heterocycles. The average Bonchev–Trinajstić information content (AvgIpc) is 3.27. The van der Waals surface area contributed by atoms with Crippen molar-refractivity contribution in [3.8, 4) is 11.5 Å². The van der Waals surface area contributed by atoms with E-state index in [0.717, 1.165) is 40.6 Å². The van der Waals surface area contributed by atoms with E-state index >= 15 is 0 Å². The zero-order valence-corrected chi connectivity index (χ0v) is 21.9. The maximum atomic E-state index is 5.38. The van der Waals surface area contributed by atoms with E-state index in [4.69, 9.17) is 14.5 Å². The molecule has 0 aliphatic carbocycles. The number of ether oxygens (including phenoxy) is 2. The summed E-state index contributed by atoms with van der Waals surface area (Å²) in [7, 11) is 3.37. The third-order valence-electron chi connectivity index (χ3n) is 6.96. The Kier molecular flexibility index (Phi) is 7.55. The van der Waals surface area contributed by atoms with Crippen molar-refractivity contribution in [3.63, 3.8) is 0 Å². The van der Waals surface area contributed by atoms with Gasteiger partial charge in [-0.1, -0.05) is 44.4 Å². The summed E-state index contributed by atoms with van der Waals surface area (Å²) in [6.45, 7) is 3.30. The Labute approximate surface area is 219 Å². The van der Waals surface area contributed by atoms with Gasteiger partial charge in [-0.3, -0.25) is 0 Å². The number of hydrogen-bond acceptors (Lipinski definition) is 3. The van der Waals surface area contributed by atoms with Crippen molar-refractivity contribution in [3.05, 3.63) is 102 Å². The molecule has 0 aliphatic rings. The highest BCUT2D eigenvalue weighted by Gasteiger charge is 2.13. The minimum Gasteiger partial charge on any atom is -0.497 e. The van der Waals surface area contributed by atoms with Crippen LogP contribution in [0.15, 0.2) is 96.0 Å². The van der Waals surface area contributed by atoms with Crippen LogP contribution in [0.4, 0.5) is 5.69 Å². The smallest absolute Gasteiger partial charge is 0.118 e. The van der Waals surface area contributed by atoms with Gasteiger partial charge in [0.05, 0.1) is 25.6 Å². The second-order valence-electron chi connectivity index (χ2n) is 9.35. The van der Waals surface area contributed by atoms with Crippen LogP contribution in [0, 0.1) is 0 Å². The van der Waals surface area contributed by atoms with E-state index < -0.39 is 0 Å². The van der Waals surface area contributed by atoms with Gasteiger partial charge in [0.2, 0.25) is 0 Å². The molecule has 0 spiro atoms. The number of para-hydroxylation sites is 1. The Balaban J connectivity index is 1.60. The third-order valence-corrected chi connectivity index (χ3v) is 6.96. The molecule has 5 aromatic rings. The Morgan fingerprint density at radius 1 is 0.676 bits per heavy atom. The number of aliphatic imine (C=N–C) groups is 1. The van der Waals surface area contributed by atoms with Crippen molar-refractivity contribution in [2.24, 2.45) is 4.99 Å². The van der Waals surface area contributed by atoms with Crippen LogP contribution in [0.5, 0.6) is 11.5 Å². The maximum Gasteiger partial charge on any atom is 0.118 e. The summed E-state index contributed by atoms with van der Waals surface area (Å²) >= 11 is 0. The van der Waals surface area contributed by atoms with Crippen molar-refractivity contribution >= 4 is 33.2 Å². The number of unbranched alkanes of at least 4 members (excludes halogenated alkanes) is 3. The van der Waals surface area contributed by atoms with Crippen LogP contribution in [-0.4, -0.2) is 24.5 Å². The molecule has 0 saturated carbocycles. The number of rotatable bonds is 10. The molecule has 4 nitrogen and oxygen atoms in total. The van der Waals surface area contributed by atoms with Gasteiger partial charge >= 0.3 is 0 Å². The van der Waals surface area contributed by atoms with Crippen LogP contribution in [0.1, 0.15) is 43.7 Å². The molecule has 5 rings (SSSR count). The molecule has 4 aromatic carbocycles. The summed E-state index contributed by atoms with van der Waals surface area (Å²) in [5.41, 5.74) is 6.47. The van der Waals surface area contributed by atoms with Crippen LogP contribution in [-0.2, 0) is 6.54 Å². The van der Waals surface area contributed by atoms with Crippen molar-refractivity contribution in [1.29, 1.82) is 0 Å². The molecular weight excluding hydrogens is 456 g/mol. The third kappa shape index (κ3) is 5.24. The molecule has 0 bridgehead atoms. The standard InChI is InChI=1S/C33H34N2O2/c1-4-5-6-9-22-35-31-11-8-7-10-29(31)30-23-26(16-21-32(30)35)34-33(24-12-17-27(36-2)18-13-24)25-14-19-28(37-3)20-15-25/h7-8,10-21,23H,4-6,9,22H2,1-3H3. The summed E-state index contributed by atoms with van der Waals surface area (Å²) in [5, 5.41) is 2.52. The maximum absolute atomic E-state index is 5.38. The highest BCUT2D eigenvalue weighted by atomic mass is 16.5. The molecule has 0 amide bonds. The number of aryl methyl sites for hydroxylation is 1. The minimum atomic E-state index is 0.825. The highest BCUT2D eigenvalue weighted by molar-refractivity contribution is 6.15. The SMILES string of the molecule is CCCCCCn1c2ccccc2c2cc(N=C(c3ccc(OC)cc3)c3ccc(OC)cc3)ccc21. The fraction of sp³-hybridized carbons (Fsp3) is 0.242. The van der Waals surface area contributed by atoms with Crippen molar-refractivity contribution in [2.45, 2.75) is 39.2 Å². The molecule has 0 radical (unpaired) electrons. The number of nitrogens with zero attached hydrogens (tertiary/aromatic N) is 2. The lowest BCUT2D eigenvalue weighted by Gasteiger charge is -2.10. The summed E-state index contributed by atoms with van der Waals surface area (Å²) in [5.74, 6) is 1.65. The normalized spacial score (nSPS) is 11.1. The molecule has 188 valence electrons. The molecular formula is C33H34N2O2. The molecule has 4 heteroatoms. The Hall–Kier alpha value is -4.05. The van der Waals surface area contributed by atoms with Gasteiger partial charge in [-0.05, 0) is 79.2 Å². The first kappa shape index (κ1) is 24.6. The van der Waals surface area contributed by atoms with Crippen LogP contribution < -0.4 is 9.47 Å². The van der Waals surface area contributed by atoms with Crippen LogP contribution in [0.2, 0.25) is 0 Å². The van der Waals surface area contributed by atoms with Gasteiger partial charge in [-0.15, -0.1) is 0 Å². The summed E-state index contributed by atoms with van der Waals surface area (Å²) in [6, 6.07) is 31.4. The Morgan fingerprint density at radius 3 is 1.92 bits per heavy atom. The van der Waals surface area contributed by atoms with Gasteiger partial charge in [0.25, 0.3) is 0 Å². The number of hydrogen-bond donors (Lipinski definition) is 0. The van der Waals surface area contributed by atoms with E-state index in [0.29, 0.717) is 0 Å². The number of aromatic nitrogens is 1. The van der Waals surface area contributed by atoms with Crippen LogP contribution >= 0.6 is 0 Å². The Bertz CT molecular complexity index is 1460. The summed E-state index contributed by atoms with van der Waals surface area (Å²) in [4.78, 5) is 5.19. The van der Waals surface area contributed by atoms with Gasteiger partial charge in [0.1, 0.15) is 11.5 Å².